The molecule has 4 rings (SSSR count). The number of thioether (sulfide) groups is 1. The summed E-state index contributed by atoms with van der Waals surface area (Å²) in [4.78, 5) is 17.7. The van der Waals surface area contributed by atoms with Gasteiger partial charge in [0.2, 0.25) is 15.9 Å². The zero-order chi connectivity index (χ0) is 24.0. The molecule has 0 spiro atoms. The lowest BCUT2D eigenvalue weighted by Crippen LogP contribution is -2.40. The smallest absolute Gasteiger partial charge is 0.244 e. The van der Waals surface area contributed by atoms with Crippen molar-refractivity contribution in [1.29, 1.82) is 0 Å². The minimum atomic E-state index is -3.63. The number of methoxy groups -OCH3 is 1. The van der Waals surface area contributed by atoms with E-state index in [1.54, 1.807) is 37.4 Å². The average Bonchev–Trinajstić information content (AvgIpc) is 2.89. The van der Waals surface area contributed by atoms with Gasteiger partial charge in [-0.3, -0.25) is 4.79 Å². The molecular formula is C24H25N3O5S2. The van der Waals surface area contributed by atoms with Crippen LogP contribution >= 0.6 is 11.8 Å². The number of hydrogen-bond donors (Lipinski definition) is 1. The SMILES string of the molecule is COc1ccc(NC(=O)[C@H](Sc2ccc(S(=O)(=O)N3CCOCC3)cn2)c2ccccc2)cc1. The molecule has 10 heteroatoms. The molecule has 8 nitrogen and oxygen atoms in total. The normalized spacial score (nSPS) is 15.4. The fraction of sp³-hybridized carbons (Fsp3) is 0.250. The number of amides is 1. The highest BCUT2D eigenvalue weighted by molar-refractivity contribution is 8.00. The summed E-state index contributed by atoms with van der Waals surface area (Å²) in [6.07, 6.45) is 1.34. The average molecular weight is 500 g/mol. The van der Waals surface area contributed by atoms with Crippen molar-refractivity contribution in [1.82, 2.24) is 9.29 Å². The highest BCUT2D eigenvalue weighted by atomic mass is 32.2. The van der Waals surface area contributed by atoms with Gasteiger partial charge in [-0.15, -0.1) is 0 Å². The standard InChI is InChI=1S/C24H25N3O5S2/c1-31-20-9-7-19(8-10-20)26-24(28)23(18-5-3-2-4-6-18)33-22-12-11-21(17-25-22)34(29,30)27-13-15-32-16-14-27/h2-12,17,23H,13-16H2,1H3,(H,26,28)/t23-/m1/s1. The molecule has 178 valence electrons. The number of ether oxygens (including phenoxy) is 2. The Morgan fingerprint density at radius 2 is 1.76 bits per heavy atom. The fourth-order valence-corrected chi connectivity index (χ4v) is 5.74. The van der Waals surface area contributed by atoms with E-state index in [2.05, 4.69) is 10.3 Å². The van der Waals surface area contributed by atoms with Crippen LogP contribution in [-0.2, 0) is 19.6 Å². The van der Waals surface area contributed by atoms with Crippen molar-refractivity contribution in [2.75, 3.05) is 38.7 Å². The van der Waals surface area contributed by atoms with E-state index >= 15 is 0 Å². The van der Waals surface area contributed by atoms with Gasteiger partial charge < -0.3 is 14.8 Å². The number of pyridine rings is 1. The third kappa shape index (κ3) is 5.76. The second kappa shape index (κ2) is 11.0. The van der Waals surface area contributed by atoms with Crippen LogP contribution in [0.15, 0.2) is 82.8 Å². The van der Waals surface area contributed by atoms with Crippen LogP contribution in [0, 0.1) is 0 Å². The van der Waals surface area contributed by atoms with Gasteiger partial charge in [-0.2, -0.15) is 4.31 Å². The Morgan fingerprint density at radius 1 is 1.06 bits per heavy atom. The Labute approximate surface area is 203 Å². The van der Waals surface area contributed by atoms with E-state index in [1.165, 1.54) is 28.3 Å². The number of benzene rings is 2. The van der Waals surface area contributed by atoms with Gasteiger partial charge in [0, 0.05) is 25.0 Å². The molecule has 1 fully saturated rings. The molecule has 34 heavy (non-hydrogen) atoms. The molecular weight excluding hydrogens is 474 g/mol. The van der Waals surface area contributed by atoms with E-state index in [1.807, 2.05) is 30.3 Å². The van der Waals surface area contributed by atoms with Gasteiger partial charge in [0.1, 0.15) is 15.9 Å². The Hall–Kier alpha value is -2.92. The second-order valence-corrected chi connectivity index (χ2v) is 10.5. The molecule has 3 aromatic rings. The van der Waals surface area contributed by atoms with E-state index in [9.17, 15) is 13.2 Å². The number of morpholine rings is 1. The van der Waals surface area contributed by atoms with Crippen molar-refractivity contribution >= 4 is 33.4 Å². The molecule has 1 aliphatic heterocycles. The van der Waals surface area contributed by atoms with Gasteiger partial charge in [-0.25, -0.2) is 13.4 Å². The van der Waals surface area contributed by atoms with Crippen LogP contribution in [0.5, 0.6) is 5.75 Å². The van der Waals surface area contributed by atoms with Crippen LogP contribution < -0.4 is 10.1 Å². The van der Waals surface area contributed by atoms with Crippen molar-refractivity contribution < 1.29 is 22.7 Å². The second-order valence-electron chi connectivity index (χ2n) is 7.47. The lowest BCUT2D eigenvalue weighted by Gasteiger charge is -2.25. The van der Waals surface area contributed by atoms with E-state index in [4.69, 9.17) is 9.47 Å². The van der Waals surface area contributed by atoms with E-state index in [0.717, 1.165) is 5.56 Å². The summed E-state index contributed by atoms with van der Waals surface area (Å²) < 4.78 is 37.5. The Balaban J connectivity index is 1.52. The largest absolute Gasteiger partial charge is 0.497 e. The molecule has 2 aromatic carbocycles. The van der Waals surface area contributed by atoms with Crippen molar-refractivity contribution in [3.8, 4) is 5.75 Å². The molecule has 1 aromatic heterocycles. The van der Waals surface area contributed by atoms with Gasteiger partial charge in [-0.05, 0) is 42.0 Å². The third-order valence-electron chi connectivity index (χ3n) is 5.25. The predicted molar refractivity (Wildman–Crippen MR) is 130 cm³/mol. The van der Waals surface area contributed by atoms with Crippen molar-refractivity contribution in [2.45, 2.75) is 15.2 Å². The van der Waals surface area contributed by atoms with Gasteiger partial charge in [0.05, 0.1) is 25.3 Å². The highest BCUT2D eigenvalue weighted by Crippen LogP contribution is 2.35. The van der Waals surface area contributed by atoms with Crippen LogP contribution in [0.4, 0.5) is 5.69 Å². The molecule has 0 radical (unpaired) electrons. The van der Waals surface area contributed by atoms with Gasteiger partial charge in [0.25, 0.3) is 0 Å². The van der Waals surface area contributed by atoms with Crippen LogP contribution in [0.3, 0.4) is 0 Å². The molecule has 0 unspecified atom stereocenters. The topological polar surface area (TPSA) is 97.8 Å². The number of sulfonamides is 1. The third-order valence-corrected chi connectivity index (χ3v) is 8.34. The van der Waals surface area contributed by atoms with Crippen molar-refractivity contribution in [3.63, 3.8) is 0 Å². The summed E-state index contributed by atoms with van der Waals surface area (Å²) in [5.41, 5.74) is 1.46. The maximum atomic E-state index is 13.2. The molecule has 2 heterocycles. The van der Waals surface area contributed by atoms with Crippen molar-refractivity contribution in [2.24, 2.45) is 0 Å². The number of nitrogens with one attached hydrogen (secondary N) is 1. The molecule has 1 amide bonds. The number of nitrogens with zero attached hydrogens (tertiary/aromatic N) is 2. The monoisotopic (exact) mass is 499 g/mol. The molecule has 1 N–H and O–H groups in total. The summed E-state index contributed by atoms with van der Waals surface area (Å²) in [5.74, 6) is 0.483. The van der Waals surface area contributed by atoms with Crippen LogP contribution in [0.2, 0.25) is 0 Å². The molecule has 0 aliphatic carbocycles. The van der Waals surface area contributed by atoms with Crippen LogP contribution in [0.25, 0.3) is 0 Å². The number of anilines is 1. The summed E-state index contributed by atoms with van der Waals surface area (Å²) >= 11 is 1.26. The van der Waals surface area contributed by atoms with E-state index in [-0.39, 0.29) is 10.8 Å². The van der Waals surface area contributed by atoms with Gasteiger partial charge in [0.15, 0.2) is 0 Å². The first-order valence-electron chi connectivity index (χ1n) is 10.7. The maximum absolute atomic E-state index is 13.2. The number of hydrogen-bond acceptors (Lipinski definition) is 7. The lowest BCUT2D eigenvalue weighted by atomic mass is 10.1. The first-order chi connectivity index (χ1) is 16.5. The van der Waals surface area contributed by atoms with Gasteiger partial charge >= 0.3 is 0 Å². The molecule has 1 aliphatic rings. The van der Waals surface area contributed by atoms with E-state index in [0.29, 0.717) is 42.8 Å². The first kappa shape index (κ1) is 24.2. The Bertz CT molecular complexity index is 1200. The Kier molecular flexibility index (Phi) is 7.84. The quantitative estimate of drug-likeness (QED) is 0.473. The van der Waals surface area contributed by atoms with Crippen molar-refractivity contribution in [3.05, 3.63) is 78.5 Å². The zero-order valence-corrected chi connectivity index (χ0v) is 20.2. The van der Waals surface area contributed by atoms with E-state index < -0.39 is 15.3 Å². The van der Waals surface area contributed by atoms with Crippen LogP contribution in [-0.4, -0.2) is 57.0 Å². The molecule has 1 saturated heterocycles. The lowest BCUT2D eigenvalue weighted by molar-refractivity contribution is -0.115. The number of aromatic nitrogens is 1. The zero-order valence-electron chi connectivity index (χ0n) is 18.6. The maximum Gasteiger partial charge on any atom is 0.244 e. The summed E-state index contributed by atoms with van der Waals surface area (Å²) in [6, 6.07) is 19.6. The minimum Gasteiger partial charge on any atom is -0.497 e. The number of carbonyl (C=O) groups is 1. The predicted octanol–water partition coefficient (Wildman–Crippen LogP) is 3.58. The summed E-state index contributed by atoms with van der Waals surface area (Å²) in [5, 5.41) is 2.89. The number of rotatable bonds is 8. The molecule has 0 saturated carbocycles. The van der Waals surface area contributed by atoms with Gasteiger partial charge in [-0.1, -0.05) is 42.1 Å². The summed E-state index contributed by atoms with van der Waals surface area (Å²) in [6.45, 7) is 1.40. The highest BCUT2D eigenvalue weighted by Gasteiger charge is 2.27. The first-order valence-corrected chi connectivity index (χ1v) is 13.0. The molecule has 1 atom stereocenters. The Morgan fingerprint density at radius 3 is 2.38 bits per heavy atom. The van der Waals surface area contributed by atoms with Crippen LogP contribution in [0.1, 0.15) is 10.8 Å². The minimum absolute atomic E-state index is 0.123. The fourth-order valence-electron chi connectivity index (χ4n) is 3.43. The summed E-state index contributed by atoms with van der Waals surface area (Å²) in [7, 11) is -2.05. The number of carbonyl (C=O) groups excluding carboxylic acids is 1. The molecule has 0 bridgehead atoms.